The number of nitrogens with zero attached hydrogens (tertiary/aromatic N) is 1. The Labute approximate surface area is 131 Å². The Kier molecular flexibility index (Phi) is 4.98. The molecule has 0 amide bonds. The molecule has 0 aromatic heterocycles. The van der Waals surface area contributed by atoms with Crippen molar-refractivity contribution in [2.75, 3.05) is 0 Å². The number of rotatable bonds is 5. The molecule has 6 heteroatoms. The second-order valence-electron chi connectivity index (χ2n) is 4.41. The highest BCUT2D eigenvalue weighted by atomic mass is 35.5. The lowest BCUT2D eigenvalue weighted by molar-refractivity contribution is -0.387. The van der Waals surface area contributed by atoms with Gasteiger partial charge in [0.25, 0.3) is 5.69 Å². The first-order chi connectivity index (χ1) is 9.97. The maximum Gasteiger partial charge on any atom is 0.283 e. The Bertz CT molecular complexity index is 686. The van der Waals surface area contributed by atoms with E-state index in [1.807, 2.05) is 12.1 Å². The number of Topliss-reactive ketones (excluding diaryl/α,β-unsaturated/α-hetero) is 1. The van der Waals surface area contributed by atoms with Crippen LogP contribution in [0.25, 0.3) is 0 Å². The van der Waals surface area contributed by atoms with E-state index in [1.165, 1.54) is 24.8 Å². The fourth-order valence-electron chi connectivity index (χ4n) is 1.74. The topological polar surface area (TPSA) is 60.2 Å². The summed E-state index contributed by atoms with van der Waals surface area (Å²) in [5, 5.41) is 11.8. The predicted molar refractivity (Wildman–Crippen MR) is 84.1 cm³/mol. The summed E-state index contributed by atoms with van der Waals surface area (Å²) < 4.78 is 0. The van der Waals surface area contributed by atoms with E-state index in [0.717, 1.165) is 5.56 Å². The van der Waals surface area contributed by atoms with Crippen molar-refractivity contribution in [3.05, 3.63) is 68.7 Å². The molecular formula is C15H12ClNO3S. The number of carbonyl (C=O) groups excluding carboxylic acids is 1. The number of halogens is 1. The molecule has 0 unspecified atom stereocenters. The van der Waals surface area contributed by atoms with Crippen molar-refractivity contribution in [2.24, 2.45) is 0 Å². The molecule has 2 aromatic rings. The van der Waals surface area contributed by atoms with Gasteiger partial charge in [-0.05, 0) is 36.8 Å². The highest BCUT2D eigenvalue weighted by Crippen LogP contribution is 2.32. The number of benzene rings is 2. The molecule has 0 spiro atoms. The van der Waals surface area contributed by atoms with Crippen molar-refractivity contribution >= 4 is 34.8 Å². The summed E-state index contributed by atoms with van der Waals surface area (Å²) in [6.45, 7) is 1.39. The van der Waals surface area contributed by atoms with E-state index in [0.29, 0.717) is 21.2 Å². The Hall–Kier alpha value is -1.85. The van der Waals surface area contributed by atoms with Crippen LogP contribution >= 0.6 is 23.4 Å². The van der Waals surface area contributed by atoms with E-state index in [2.05, 4.69) is 0 Å². The van der Waals surface area contributed by atoms with Gasteiger partial charge in [-0.3, -0.25) is 14.9 Å². The van der Waals surface area contributed by atoms with Gasteiger partial charge in [-0.2, -0.15) is 0 Å². The van der Waals surface area contributed by atoms with Crippen LogP contribution in [0.1, 0.15) is 22.8 Å². The molecule has 2 aromatic carbocycles. The SMILES string of the molecule is CC(=O)c1ccc(SCc2ccc(Cl)cc2)c([N+](=O)[O-])c1. The van der Waals surface area contributed by atoms with Crippen LogP contribution in [0.5, 0.6) is 0 Å². The van der Waals surface area contributed by atoms with Crippen molar-refractivity contribution in [3.63, 3.8) is 0 Å². The Balaban J connectivity index is 2.21. The zero-order chi connectivity index (χ0) is 15.4. The molecule has 0 fully saturated rings. The molecule has 0 heterocycles. The van der Waals surface area contributed by atoms with Gasteiger partial charge in [-0.25, -0.2) is 0 Å². The normalized spacial score (nSPS) is 10.4. The second kappa shape index (κ2) is 6.74. The van der Waals surface area contributed by atoms with Crippen LogP contribution in [0.2, 0.25) is 5.02 Å². The van der Waals surface area contributed by atoms with Crippen molar-refractivity contribution in [3.8, 4) is 0 Å². The zero-order valence-electron chi connectivity index (χ0n) is 11.2. The predicted octanol–water partition coefficient (Wildman–Crippen LogP) is 4.74. The summed E-state index contributed by atoms with van der Waals surface area (Å²) in [6, 6.07) is 11.9. The molecule has 0 N–H and O–H groups in total. The zero-order valence-corrected chi connectivity index (χ0v) is 12.8. The van der Waals surface area contributed by atoms with E-state index in [4.69, 9.17) is 11.6 Å². The molecule has 0 atom stereocenters. The summed E-state index contributed by atoms with van der Waals surface area (Å²) in [5.74, 6) is 0.407. The van der Waals surface area contributed by atoms with Crippen LogP contribution in [0.4, 0.5) is 5.69 Å². The summed E-state index contributed by atoms with van der Waals surface area (Å²) in [6.07, 6.45) is 0. The molecule has 0 saturated heterocycles. The summed E-state index contributed by atoms with van der Waals surface area (Å²) in [7, 11) is 0. The highest BCUT2D eigenvalue weighted by molar-refractivity contribution is 7.98. The van der Waals surface area contributed by atoms with E-state index < -0.39 is 4.92 Å². The maximum atomic E-state index is 11.3. The monoisotopic (exact) mass is 321 g/mol. The average molecular weight is 322 g/mol. The number of hydrogen-bond acceptors (Lipinski definition) is 4. The van der Waals surface area contributed by atoms with Gasteiger partial charge in [0.1, 0.15) is 0 Å². The molecule has 0 aliphatic rings. The molecule has 0 aliphatic heterocycles. The number of ketones is 1. The third kappa shape index (κ3) is 4.06. The van der Waals surface area contributed by atoms with Gasteiger partial charge in [0.15, 0.2) is 5.78 Å². The minimum Gasteiger partial charge on any atom is -0.295 e. The smallest absolute Gasteiger partial charge is 0.283 e. The molecular weight excluding hydrogens is 310 g/mol. The summed E-state index contributed by atoms with van der Waals surface area (Å²) >= 11 is 7.17. The molecule has 4 nitrogen and oxygen atoms in total. The third-order valence-electron chi connectivity index (χ3n) is 2.87. The Morgan fingerprint density at radius 2 is 1.90 bits per heavy atom. The van der Waals surface area contributed by atoms with Crippen LogP contribution in [0.15, 0.2) is 47.4 Å². The van der Waals surface area contributed by atoms with E-state index in [9.17, 15) is 14.9 Å². The van der Waals surface area contributed by atoms with Crippen molar-refractivity contribution < 1.29 is 9.72 Å². The van der Waals surface area contributed by atoms with Gasteiger partial charge >= 0.3 is 0 Å². The van der Waals surface area contributed by atoms with Crippen LogP contribution in [-0.4, -0.2) is 10.7 Å². The van der Waals surface area contributed by atoms with Gasteiger partial charge < -0.3 is 0 Å². The lowest BCUT2D eigenvalue weighted by Gasteiger charge is -2.05. The van der Waals surface area contributed by atoms with Crippen LogP contribution in [0, 0.1) is 10.1 Å². The number of carbonyl (C=O) groups is 1. The first-order valence-corrected chi connectivity index (χ1v) is 7.50. The number of hydrogen-bond donors (Lipinski definition) is 0. The standard InChI is InChI=1S/C15H12ClNO3S/c1-10(18)12-4-7-15(14(8-12)17(19)20)21-9-11-2-5-13(16)6-3-11/h2-8H,9H2,1H3. The number of nitro groups is 1. The fraction of sp³-hybridized carbons (Fsp3) is 0.133. The van der Waals surface area contributed by atoms with Gasteiger partial charge in [-0.1, -0.05) is 23.7 Å². The van der Waals surface area contributed by atoms with Crippen molar-refractivity contribution in [1.82, 2.24) is 0 Å². The molecule has 0 aliphatic carbocycles. The van der Waals surface area contributed by atoms with Crippen LogP contribution in [0.3, 0.4) is 0 Å². The average Bonchev–Trinajstić information content (AvgIpc) is 2.46. The minimum absolute atomic E-state index is 0.0401. The maximum absolute atomic E-state index is 11.3. The van der Waals surface area contributed by atoms with Crippen LogP contribution < -0.4 is 0 Å². The lowest BCUT2D eigenvalue weighted by Crippen LogP contribution is -1.97. The molecule has 0 saturated carbocycles. The van der Waals surface area contributed by atoms with Crippen molar-refractivity contribution in [1.29, 1.82) is 0 Å². The second-order valence-corrected chi connectivity index (χ2v) is 5.86. The fourth-order valence-corrected chi connectivity index (χ4v) is 2.83. The summed E-state index contributed by atoms with van der Waals surface area (Å²) in [5.41, 5.74) is 1.33. The number of thioether (sulfide) groups is 1. The highest BCUT2D eigenvalue weighted by Gasteiger charge is 2.16. The largest absolute Gasteiger partial charge is 0.295 e. The minimum atomic E-state index is -0.462. The first-order valence-electron chi connectivity index (χ1n) is 6.14. The lowest BCUT2D eigenvalue weighted by atomic mass is 10.1. The Morgan fingerprint density at radius 1 is 1.24 bits per heavy atom. The molecule has 0 bridgehead atoms. The van der Waals surface area contributed by atoms with E-state index >= 15 is 0 Å². The summed E-state index contributed by atoms with van der Waals surface area (Å²) in [4.78, 5) is 22.5. The van der Waals surface area contributed by atoms with E-state index in [1.54, 1.807) is 24.3 Å². The van der Waals surface area contributed by atoms with Crippen molar-refractivity contribution in [2.45, 2.75) is 17.6 Å². The third-order valence-corrected chi connectivity index (χ3v) is 4.26. The van der Waals surface area contributed by atoms with Crippen LogP contribution in [-0.2, 0) is 5.75 Å². The van der Waals surface area contributed by atoms with Gasteiger partial charge in [0.05, 0.1) is 9.82 Å². The van der Waals surface area contributed by atoms with Gasteiger partial charge in [-0.15, -0.1) is 11.8 Å². The van der Waals surface area contributed by atoms with Gasteiger partial charge in [0.2, 0.25) is 0 Å². The number of nitro benzene ring substituents is 1. The molecule has 21 heavy (non-hydrogen) atoms. The molecule has 0 radical (unpaired) electrons. The molecule has 108 valence electrons. The van der Waals surface area contributed by atoms with Gasteiger partial charge in [0, 0.05) is 22.4 Å². The molecule has 2 rings (SSSR count). The van der Waals surface area contributed by atoms with E-state index in [-0.39, 0.29) is 11.5 Å². The Morgan fingerprint density at radius 3 is 2.48 bits per heavy atom. The quantitative estimate of drug-likeness (QED) is 0.345. The first kappa shape index (κ1) is 15.5.